The van der Waals surface area contributed by atoms with Crippen molar-refractivity contribution in [1.82, 2.24) is 14.5 Å². The van der Waals surface area contributed by atoms with E-state index in [0.717, 1.165) is 15.2 Å². The molecule has 0 spiro atoms. The molecular formula is C23H17ClN4O3S2. The molecule has 166 valence electrons. The number of sulfonamides is 1. The average Bonchev–Trinajstić information content (AvgIpc) is 3.15. The highest BCUT2D eigenvalue weighted by Crippen LogP contribution is 2.29. The molecular weight excluding hydrogens is 480 g/mol. The number of anilines is 1. The van der Waals surface area contributed by atoms with E-state index in [9.17, 15) is 13.2 Å². The van der Waals surface area contributed by atoms with Crippen molar-refractivity contribution in [3.05, 3.63) is 86.9 Å². The Labute approximate surface area is 198 Å². The number of para-hydroxylation sites is 1. The van der Waals surface area contributed by atoms with Crippen LogP contribution in [0.4, 0.5) is 5.69 Å². The van der Waals surface area contributed by atoms with Crippen molar-refractivity contribution in [2.24, 2.45) is 0 Å². The average molecular weight is 497 g/mol. The van der Waals surface area contributed by atoms with Gasteiger partial charge in [-0.25, -0.2) is 18.4 Å². The molecule has 3 aromatic carbocycles. The monoisotopic (exact) mass is 496 g/mol. The summed E-state index contributed by atoms with van der Waals surface area (Å²) in [6.07, 6.45) is 0. The van der Waals surface area contributed by atoms with Gasteiger partial charge in [0.1, 0.15) is 5.82 Å². The Morgan fingerprint density at radius 3 is 2.58 bits per heavy atom. The first-order valence-corrected chi connectivity index (χ1v) is 12.6. The topological polar surface area (TPSA) is 93.9 Å². The van der Waals surface area contributed by atoms with Crippen molar-refractivity contribution in [3.8, 4) is 5.69 Å². The molecule has 0 radical (unpaired) electrons. The molecule has 1 N–H and O–H groups in total. The lowest BCUT2D eigenvalue weighted by Gasteiger charge is -2.14. The van der Waals surface area contributed by atoms with Gasteiger partial charge in [-0.1, -0.05) is 23.7 Å². The zero-order chi connectivity index (χ0) is 23.3. The summed E-state index contributed by atoms with van der Waals surface area (Å²) < 4.78 is 30.9. The molecule has 10 heteroatoms. The highest BCUT2D eigenvalue weighted by Gasteiger charge is 2.19. The van der Waals surface area contributed by atoms with Crippen LogP contribution in [0.2, 0.25) is 5.02 Å². The number of halogens is 1. The van der Waals surface area contributed by atoms with E-state index in [2.05, 4.69) is 14.7 Å². The number of benzene rings is 3. The fraction of sp³-hybridized carbons (Fsp3) is 0.0870. The van der Waals surface area contributed by atoms with Crippen molar-refractivity contribution < 1.29 is 8.42 Å². The zero-order valence-corrected chi connectivity index (χ0v) is 19.9. The minimum atomic E-state index is -3.93. The van der Waals surface area contributed by atoms with Gasteiger partial charge in [0.15, 0.2) is 0 Å². The van der Waals surface area contributed by atoms with Gasteiger partial charge in [0, 0.05) is 0 Å². The molecule has 0 aliphatic heterocycles. The van der Waals surface area contributed by atoms with Gasteiger partial charge >= 0.3 is 0 Å². The van der Waals surface area contributed by atoms with Crippen LogP contribution in [0.5, 0.6) is 0 Å². The molecule has 33 heavy (non-hydrogen) atoms. The number of nitrogens with zero attached hydrogens (tertiary/aromatic N) is 3. The summed E-state index contributed by atoms with van der Waals surface area (Å²) in [5.74, 6) is 0.473. The van der Waals surface area contributed by atoms with Gasteiger partial charge in [0.05, 0.1) is 47.4 Å². The highest BCUT2D eigenvalue weighted by atomic mass is 35.5. The van der Waals surface area contributed by atoms with Crippen LogP contribution in [-0.2, 0) is 10.0 Å². The molecule has 0 unspecified atom stereocenters. The molecule has 0 aliphatic carbocycles. The summed E-state index contributed by atoms with van der Waals surface area (Å²) in [4.78, 5) is 22.1. The Morgan fingerprint density at radius 2 is 1.76 bits per heavy atom. The Kier molecular flexibility index (Phi) is 5.19. The molecule has 0 fully saturated rings. The second kappa shape index (κ2) is 7.95. The maximum Gasteiger partial charge on any atom is 0.265 e. The number of fused-ring (bicyclic) bond motifs is 2. The van der Waals surface area contributed by atoms with Crippen LogP contribution in [0.25, 0.3) is 26.8 Å². The zero-order valence-electron chi connectivity index (χ0n) is 17.5. The van der Waals surface area contributed by atoms with Crippen molar-refractivity contribution in [3.63, 3.8) is 0 Å². The first-order chi connectivity index (χ1) is 15.7. The van der Waals surface area contributed by atoms with Crippen LogP contribution in [-0.4, -0.2) is 23.0 Å². The smallest absolute Gasteiger partial charge is 0.265 e. The Balaban J connectivity index is 1.58. The normalized spacial score (nSPS) is 11.8. The Morgan fingerprint density at radius 1 is 0.970 bits per heavy atom. The maximum absolute atomic E-state index is 13.1. The predicted molar refractivity (Wildman–Crippen MR) is 132 cm³/mol. The summed E-state index contributed by atoms with van der Waals surface area (Å²) in [5, 5.41) is 1.53. The van der Waals surface area contributed by atoms with Crippen LogP contribution in [0.3, 0.4) is 0 Å². The fourth-order valence-electron chi connectivity index (χ4n) is 3.67. The largest absolute Gasteiger partial charge is 0.278 e. The van der Waals surface area contributed by atoms with E-state index in [1.165, 1.54) is 28.0 Å². The lowest BCUT2D eigenvalue weighted by Crippen LogP contribution is -2.22. The summed E-state index contributed by atoms with van der Waals surface area (Å²) >= 11 is 7.73. The third-order valence-electron chi connectivity index (χ3n) is 5.17. The molecule has 5 rings (SSSR count). The second-order valence-corrected chi connectivity index (χ2v) is 10.8. The van der Waals surface area contributed by atoms with Crippen LogP contribution < -0.4 is 10.3 Å². The lowest BCUT2D eigenvalue weighted by molar-refractivity contribution is 0.601. The Bertz CT molecular complexity index is 1730. The van der Waals surface area contributed by atoms with Gasteiger partial charge in [0.25, 0.3) is 15.6 Å². The summed E-state index contributed by atoms with van der Waals surface area (Å²) in [7, 11) is -3.93. The van der Waals surface area contributed by atoms with Crippen molar-refractivity contribution in [2.75, 3.05) is 4.72 Å². The van der Waals surface area contributed by atoms with Crippen LogP contribution in [0.1, 0.15) is 10.8 Å². The number of aryl methyl sites for hydroxylation is 2. The van der Waals surface area contributed by atoms with Crippen molar-refractivity contribution in [1.29, 1.82) is 0 Å². The van der Waals surface area contributed by atoms with Crippen LogP contribution in [0, 0.1) is 13.8 Å². The van der Waals surface area contributed by atoms with E-state index in [4.69, 9.17) is 11.6 Å². The summed E-state index contributed by atoms with van der Waals surface area (Å²) in [6.45, 7) is 3.59. The molecule has 0 saturated heterocycles. The van der Waals surface area contributed by atoms with Crippen molar-refractivity contribution in [2.45, 2.75) is 18.7 Å². The molecule has 2 aromatic heterocycles. The third-order valence-corrected chi connectivity index (χ3v) is 7.80. The van der Waals surface area contributed by atoms with E-state index >= 15 is 0 Å². The maximum atomic E-state index is 13.1. The molecule has 0 saturated carbocycles. The Hall–Kier alpha value is -3.27. The van der Waals surface area contributed by atoms with Crippen LogP contribution in [0.15, 0.2) is 70.4 Å². The standard InChI is InChI=1S/C23H17ClN4O3S2/c1-13-25-19-6-4-3-5-17(19)23(29)28(13)15-7-9-18(24)21(11-15)27-33(30,31)16-8-10-20-22(12-16)32-14(2)26-20/h3-12,27H,1-2H3. The van der Waals surface area contributed by atoms with Gasteiger partial charge < -0.3 is 0 Å². The first-order valence-electron chi connectivity index (χ1n) is 9.91. The molecule has 0 amide bonds. The van der Waals surface area contributed by atoms with Gasteiger partial charge in [0.2, 0.25) is 0 Å². The van der Waals surface area contributed by atoms with Gasteiger partial charge in [-0.2, -0.15) is 0 Å². The van der Waals surface area contributed by atoms with Gasteiger partial charge in [-0.3, -0.25) is 14.1 Å². The van der Waals surface area contributed by atoms with E-state index in [-0.39, 0.29) is 21.2 Å². The molecule has 0 bridgehead atoms. The molecule has 2 heterocycles. The molecule has 0 atom stereocenters. The SMILES string of the molecule is Cc1nc2ccc(S(=O)(=O)Nc3cc(-n4c(C)nc5ccccc5c4=O)ccc3Cl)cc2s1. The number of thiazole rings is 1. The number of aromatic nitrogens is 3. The molecule has 0 aliphatic rings. The third kappa shape index (κ3) is 3.88. The summed E-state index contributed by atoms with van der Waals surface area (Å²) in [5.41, 5.74) is 1.70. The van der Waals surface area contributed by atoms with Crippen molar-refractivity contribution >= 4 is 59.8 Å². The van der Waals surface area contributed by atoms with Crippen LogP contribution >= 0.6 is 22.9 Å². The highest BCUT2D eigenvalue weighted by molar-refractivity contribution is 7.92. The number of hydrogen-bond acceptors (Lipinski definition) is 6. The van der Waals surface area contributed by atoms with E-state index < -0.39 is 10.0 Å². The fourth-order valence-corrected chi connectivity index (χ4v) is 5.93. The lowest BCUT2D eigenvalue weighted by atomic mass is 10.2. The number of nitrogens with one attached hydrogen (secondary N) is 1. The minimum Gasteiger partial charge on any atom is -0.278 e. The van der Waals surface area contributed by atoms with E-state index in [0.29, 0.717) is 22.4 Å². The quantitative estimate of drug-likeness (QED) is 0.375. The minimum absolute atomic E-state index is 0.0980. The van der Waals surface area contributed by atoms with Gasteiger partial charge in [-0.15, -0.1) is 11.3 Å². The van der Waals surface area contributed by atoms with E-state index in [1.807, 2.05) is 13.0 Å². The second-order valence-electron chi connectivity index (χ2n) is 7.45. The molecule has 7 nitrogen and oxygen atoms in total. The number of hydrogen-bond donors (Lipinski definition) is 1. The molecule has 5 aromatic rings. The number of rotatable bonds is 4. The summed E-state index contributed by atoms with van der Waals surface area (Å²) in [6, 6.07) is 16.6. The first kappa shape index (κ1) is 21.6. The van der Waals surface area contributed by atoms with E-state index in [1.54, 1.807) is 49.4 Å². The predicted octanol–water partition coefficient (Wildman–Crippen LogP) is 5.07. The van der Waals surface area contributed by atoms with Gasteiger partial charge in [-0.05, 0) is 62.4 Å².